The quantitative estimate of drug-likeness (QED) is 0.549. The van der Waals surface area contributed by atoms with E-state index >= 15 is 0 Å². The Hall–Kier alpha value is -3.29. The van der Waals surface area contributed by atoms with E-state index in [0.29, 0.717) is 24.2 Å². The molecule has 2 heterocycles. The van der Waals surface area contributed by atoms with Gasteiger partial charge in [-0.05, 0) is 31.0 Å². The van der Waals surface area contributed by atoms with Crippen molar-refractivity contribution in [2.24, 2.45) is 0 Å². The van der Waals surface area contributed by atoms with Gasteiger partial charge in [0.15, 0.2) is 0 Å². The number of benzene rings is 1. The summed E-state index contributed by atoms with van der Waals surface area (Å²) < 4.78 is 0. The molecule has 0 fully saturated rings. The fourth-order valence-corrected chi connectivity index (χ4v) is 2.38. The molecule has 0 saturated carbocycles. The Morgan fingerprint density at radius 1 is 1.29 bits per heavy atom. The topological polar surface area (TPSA) is 114 Å². The third-order valence-corrected chi connectivity index (χ3v) is 3.66. The molecule has 0 unspecified atom stereocenters. The number of fused-ring (bicyclic) bond motifs is 1. The number of nitro benzene ring substituents is 1. The Kier molecular flexibility index (Phi) is 4.19. The highest BCUT2D eigenvalue weighted by atomic mass is 16.6. The number of hydrogen-bond acceptors (Lipinski definition) is 6. The van der Waals surface area contributed by atoms with Crippen molar-refractivity contribution in [3.8, 4) is 0 Å². The molecular weight excluding hydrogens is 310 g/mol. The minimum atomic E-state index is -0.512. The standard InChI is InChI=1S/C16H15N5O3/c1-10-2-3-11(8-18-10)4-5-17-14-7-13-12(6-15(14)21(23)24)16(22)20-9-19-13/h2-3,6-9,17H,4-5H2,1H3,(H,19,20,22). The second-order valence-corrected chi connectivity index (χ2v) is 5.36. The molecule has 122 valence electrons. The molecular formula is C16H15N5O3. The normalized spacial score (nSPS) is 10.7. The zero-order valence-corrected chi connectivity index (χ0v) is 12.9. The zero-order chi connectivity index (χ0) is 17.1. The summed E-state index contributed by atoms with van der Waals surface area (Å²) in [6, 6.07) is 6.66. The molecule has 1 aromatic carbocycles. The number of aromatic amines is 1. The lowest BCUT2D eigenvalue weighted by molar-refractivity contribution is -0.383. The Balaban J connectivity index is 1.85. The summed E-state index contributed by atoms with van der Waals surface area (Å²) >= 11 is 0. The predicted molar refractivity (Wildman–Crippen MR) is 90.2 cm³/mol. The fourth-order valence-electron chi connectivity index (χ4n) is 2.38. The van der Waals surface area contributed by atoms with E-state index in [-0.39, 0.29) is 11.1 Å². The van der Waals surface area contributed by atoms with Gasteiger partial charge in [0.2, 0.25) is 0 Å². The maximum absolute atomic E-state index is 11.7. The molecule has 24 heavy (non-hydrogen) atoms. The summed E-state index contributed by atoms with van der Waals surface area (Å²) in [5.41, 5.74) is 2.16. The highest BCUT2D eigenvalue weighted by molar-refractivity contribution is 5.86. The number of hydrogen-bond donors (Lipinski definition) is 2. The molecule has 2 aromatic heterocycles. The number of nitrogens with one attached hydrogen (secondary N) is 2. The van der Waals surface area contributed by atoms with E-state index in [1.807, 2.05) is 19.1 Å². The molecule has 0 spiro atoms. The van der Waals surface area contributed by atoms with Crippen LogP contribution in [0, 0.1) is 17.0 Å². The number of H-pyrrole nitrogens is 1. The van der Waals surface area contributed by atoms with E-state index in [0.717, 1.165) is 11.3 Å². The van der Waals surface area contributed by atoms with Gasteiger partial charge in [-0.2, -0.15) is 0 Å². The largest absolute Gasteiger partial charge is 0.379 e. The summed E-state index contributed by atoms with van der Waals surface area (Å²) in [6.45, 7) is 2.41. The summed E-state index contributed by atoms with van der Waals surface area (Å²) in [5, 5.41) is 14.5. The van der Waals surface area contributed by atoms with E-state index in [4.69, 9.17) is 0 Å². The number of aromatic nitrogens is 3. The Morgan fingerprint density at radius 2 is 2.12 bits per heavy atom. The van der Waals surface area contributed by atoms with Crippen LogP contribution in [0.2, 0.25) is 0 Å². The number of nitro groups is 1. The van der Waals surface area contributed by atoms with E-state index in [2.05, 4.69) is 20.3 Å². The number of aryl methyl sites for hydroxylation is 1. The van der Waals surface area contributed by atoms with Crippen LogP contribution in [0.25, 0.3) is 10.9 Å². The molecule has 0 aliphatic heterocycles. The van der Waals surface area contributed by atoms with Crippen molar-refractivity contribution in [1.82, 2.24) is 15.0 Å². The summed E-state index contributed by atoms with van der Waals surface area (Å²) in [4.78, 5) is 33.2. The molecule has 3 rings (SSSR count). The molecule has 8 heteroatoms. The van der Waals surface area contributed by atoms with E-state index in [1.54, 1.807) is 6.20 Å². The monoisotopic (exact) mass is 325 g/mol. The molecule has 0 amide bonds. The van der Waals surface area contributed by atoms with E-state index < -0.39 is 10.5 Å². The molecule has 0 atom stereocenters. The van der Waals surface area contributed by atoms with Crippen LogP contribution in [0.1, 0.15) is 11.3 Å². The maximum Gasteiger partial charge on any atom is 0.293 e. The van der Waals surface area contributed by atoms with Gasteiger partial charge in [0.05, 0.1) is 22.2 Å². The van der Waals surface area contributed by atoms with Crippen LogP contribution in [-0.4, -0.2) is 26.4 Å². The highest BCUT2D eigenvalue weighted by Gasteiger charge is 2.16. The van der Waals surface area contributed by atoms with Crippen LogP contribution < -0.4 is 10.9 Å². The van der Waals surface area contributed by atoms with Crippen molar-refractivity contribution >= 4 is 22.3 Å². The first-order valence-corrected chi connectivity index (χ1v) is 7.36. The highest BCUT2D eigenvalue weighted by Crippen LogP contribution is 2.27. The third-order valence-electron chi connectivity index (χ3n) is 3.66. The smallest absolute Gasteiger partial charge is 0.293 e. The predicted octanol–water partition coefficient (Wildman–Crippen LogP) is 2.19. The van der Waals surface area contributed by atoms with Crippen molar-refractivity contribution in [1.29, 1.82) is 0 Å². The Morgan fingerprint density at radius 3 is 2.83 bits per heavy atom. The van der Waals surface area contributed by atoms with E-state index in [9.17, 15) is 14.9 Å². The molecule has 0 bridgehead atoms. The van der Waals surface area contributed by atoms with Gasteiger partial charge in [0, 0.05) is 24.5 Å². The molecule has 0 aliphatic rings. The van der Waals surface area contributed by atoms with Gasteiger partial charge < -0.3 is 10.3 Å². The average Bonchev–Trinajstić information content (AvgIpc) is 2.56. The fraction of sp³-hybridized carbons (Fsp3) is 0.188. The first kappa shape index (κ1) is 15.6. The molecule has 8 nitrogen and oxygen atoms in total. The van der Waals surface area contributed by atoms with Gasteiger partial charge >= 0.3 is 0 Å². The molecule has 3 aromatic rings. The van der Waals surface area contributed by atoms with E-state index in [1.165, 1.54) is 18.5 Å². The number of rotatable bonds is 5. The minimum Gasteiger partial charge on any atom is -0.379 e. The first-order valence-electron chi connectivity index (χ1n) is 7.36. The Bertz CT molecular complexity index is 950. The number of pyridine rings is 1. The van der Waals surface area contributed by atoms with Crippen LogP contribution >= 0.6 is 0 Å². The van der Waals surface area contributed by atoms with Gasteiger partial charge in [-0.1, -0.05) is 6.07 Å². The lowest BCUT2D eigenvalue weighted by Crippen LogP contribution is -2.10. The molecule has 0 radical (unpaired) electrons. The SMILES string of the molecule is Cc1ccc(CCNc2cc3nc[nH]c(=O)c3cc2[N+](=O)[O-])cn1. The van der Waals surface area contributed by atoms with Crippen molar-refractivity contribution in [3.05, 3.63) is 68.5 Å². The molecule has 0 saturated heterocycles. The minimum absolute atomic E-state index is 0.150. The van der Waals surface area contributed by atoms with Gasteiger partial charge in [-0.3, -0.25) is 19.9 Å². The van der Waals surface area contributed by atoms with Crippen LogP contribution in [0.15, 0.2) is 41.6 Å². The average molecular weight is 325 g/mol. The van der Waals surface area contributed by atoms with Gasteiger partial charge in [0.25, 0.3) is 11.2 Å². The molecule has 0 aliphatic carbocycles. The number of anilines is 1. The van der Waals surface area contributed by atoms with Crippen molar-refractivity contribution in [2.45, 2.75) is 13.3 Å². The van der Waals surface area contributed by atoms with Crippen LogP contribution in [-0.2, 0) is 6.42 Å². The first-order chi connectivity index (χ1) is 11.5. The summed E-state index contributed by atoms with van der Waals surface area (Å²) in [5.74, 6) is 0. The second-order valence-electron chi connectivity index (χ2n) is 5.36. The zero-order valence-electron chi connectivity index (χ0n) is 12.9. The summed E-state index contributed by atoms with van der Waals surface area (Å²) in [7, 11) is 0. The summed E-state index contributed by atoms with van der Waals surface area (Å²) in [6.07, 6.45) is 3.73. The van der Waals surface area contributed by atoms with Crippen molar-refractivity contribution in [3.63, 3.8) is 0 Å². The van der Waals surface area contributed by atoms with Crippen LogP contribution in [0.4, 0.5) is 11.4 Å². The van der Waals surface area contributed by atoms with Gasteiger partial charge in [0.1, 0.15) is 5.69 Å². The molecule has 2 N–H and O–H groups in total. The lowest BCUT2D eigenvalue weighted by atomic mass is 10.1. The van der Waals surface area contributed by atoms with Crippen LogP contribution in [0.5, 0.6) is 0 Å². The van der Waals surface area contributed by atoms with Gasteiger partial charge in [-0.25, -0.2) is 4.98 Å². The second kappa shape index (κ2) is 6.45. The number of nitrogens with zero attached hydrogens (tertiary/aromatic N) is 3. The maximum atomic E-state index is 11.7. The Labute approximate surface area is 136 Å². The van der Waals surface area contributed by atoms with Crippen molar-refractivity contribution < 1.29 is 4.92 Å². The van der Waals surface area contributed by atoms with Crippen molar-refractivity contribution in [2.75, 3.05) is 11.9 Å². The van der Waals surface area contributed by atoms with Gasteiger partial charge in [-0.15, -0.1) is 0 Å². The lowest BCUT2D eigenvalue weighted by Gasteiger charge is -2.08. The third kappa shape index (κ3) is 3.22. The van der Waals surface area contributed by atoms with Crippen LogP contribution in [0.3, 0.4) is 0 Å².